The van der Waals surface area contributed by atoms with Crippen LogP contribution in [0.1, 0.15) is 12.8 Å². The molecule has 0 unspecified atom stereocenters. The number of ether oxygens (including phenoxy) is 2. The molecule has 2 aromatic rings. The number of hydrogen-bond acceptors (Lipinski definition) is 5. The average Bonchev–Trinajstić information content (AvgIpc) is 2.67. The maximum atomic E-state index is 12.5. The van der Waals surface area contributed by atoms with Gasteiger partial charge in [0.05, 0.1) is 25.6 Å². The van der Waals surface area contributed by atoms with Crippen LogP contribution in [0.5, 0.6) is 11.5 Å². The number of methoxy groups -OCH3 is 2. The summed E-state index contributed by atoms with van der Waals surface area (Å²) in [5, 5.41) is 9.55. The van der Waals surface area contributed by atoms with Crippen LogP contribution < -0.4 is 14.5 Å². The first-order chi connectivity index (χ1) is 12.2. The van der Waals surface area contributed by atoms with Crippen molar-refractivity contribution in [1.82, 2.24) is 0 Å². The van der Waals surface area contributed by atoms with Crippen molar-refractivity contribution in [3.8, 4) is 11.5 Å². The first-order valence-electron chi connectivity index (χ1n) is 7.81. The summed E-state index contributed by atoms with van der Waals surface area (Å²) in [6.45, 7) is 3.64. The molecule has 0 saturated heterocycles. The van der Waals surface area contributed by atoms with Gasteiger partial charge in [0.25, 0.3) is 0 Å². The summed E-state index contributed by atoms with van der Waals surface area (Å²) in [7, 11) is 3.19. The Morgan fingerprint density at radius 3 is 2.12 bits per heavy atom. The number of allylic oxidation sites excluding steroid dienone is 1. The zero-order chi connectivity index (χ0) is 18.1. The lowest BCUT2D eigenvalue weighted by molar-refractivity contribution is -0.118. The maximum Gasteiger partial charge on any atom is 0.249 e. The number of nitrogens with zero attached hydrogens (tertiary/aromatic N) is 3. The van der Waals surface area contributed by atoms with Crippen molar-refractivity contribution in [2.24, 2.45) is 10.3 Å². The number of benzene rings is 2. The highest BCUT2D eigenvalue weighted by molar-refractivity contribution is 5.92. The van der Waals surface area contributed by atoms with E-state index in [2.05, 4.69) is 16.9 Å². The molecule has 0 atom stereocenters. The van der Waals surface area contributed by atoms with E-state index in [0.717, 1.165) is 5.75 Å². The third kappa shape index (κ3) is 5.17. The highest BCUT2D eigenvalue weighted by Gasteiger charge is 2.15. The summed E-state index contributed by atoms with van der Waals surface area (Å²) >= 11 is 0. The molecule has 0 aliphatic heterocycles. The molecule has 2 aromatic carbocycles. The Bertz CT molecular complexity index is 725. The molecule has 0 N–H and O–H groups in total. The summed E-state index contributed by atoms with van der Waals surface area (Å²) in [5.74, 6) is 1.27. The molecule has 2 rings (SSSR count). The summed E-state index contributed by atoms with van der Waals surface area (Å²) in [6.07, 6.45) is 2.57. The Balaban J connectivity index is 2.24. The van der Waals surface area contributed by atoms with Crippen LogP contribution in [0.4, 0.5) is 11.4 Å². The molecule has 25 heavy (non-hydrogen) atoms. The Hall–Kier alpha value is -3.15. The van der Waals surface area contributed by atoms with E-state index < -0.39 is 0 Å². The van der Waals surface area contributed by atoms with Crippen LogP contribution in [0.3, 0.4) is 0 Å². The monoisotopic (exact) mass is 339 g/mol. The molecule has 6 nitrogen and oxygen atoms in total. The number of hydrogen-bond donors (Lipinski definition) is 0. The predicted octanol–water partition coefficient (Wildman–Crippen LogP) is 4.70. The van der Waals surface area contributed by atoms with Crippen molar-refractivity contribution in [3.05, 3.63) is 61.2 Å². The third-order valence-electron chi connectivity index (χ3n) is 3.44. The molecular weight excluding hydrogens is 318 g/mol. The minimum absolute atomic E-state index is 0.165. The fourth-order valence-electron chi connectivity index (χ4n) is 2.05. The van der Waals surface area contributed by atoms with Gasteiger partial charge >= 0.3 is 0 Å². The second-order valence-corrected chi connectivity index (χ2v) is 5.12. The first kappa shape index (κ1) is 18.2. The van der Waals surface area contributed by atoms with Crippen LogP contribution in [0.15, 0.2) is 71.5 Å². The second-order valence-electron chi connectivity index (χ2n) is 5.12. The van der Waals surface area contributed by atoms with Gasteiger partial charge in [0, 0.05) is 6.42 Å². The summed E-state index contributed by atoms with van der Waals surface area (Å²) in [5.41, 5.74) is 1.24. The number of amides is 1. The lowest BCUT2D eigenvalue weighted by atomic mass is 10.2. The second kappa shape index (κ2) is 9.22. The van der Waals surface area contributed by atoms with Gasteiger partial charge in [-0.3, -0.25) is 4.79 Å². The zero-order valence-electron chi connectivity index (χ0n) is 14.4. The van der Waals surface area contributed by atoms with E-state index in [9.17, 15) is 4.79 Å². The van der Waals surface area contributed by atoms with Crippen LogP contribution in [0, 0.1) is 0 Å². The maximum absolute atomic E-state index is 12.5. The van der Waals surface area contributed by atoms with E-state index in [1.54, 1.807) is 68.8 Å². The first-order valence-corrected chi connectivity index (χ1v) is 7.81. The molecule has 0 saturated carbocycles. The summed E-state index contributed by atoms with van der Waals surface area (Å²) in [6, 6.07) is 14.2. The van der Waals surface area contributed by atoms with Crippen LogP contribution in [-0.4, -0.2) is 20.1 Å². The number of carbonyl (C=O) groups is 1. The molecule has 0 bridgehead atoms. The molecule has 0 aromatic heterocycles. The van der Waals surface area contributed by atoms with Gasteiger partial charge in [0.2, 0.25) is 5.91 Å². The Morgan fingerprint density at radius 1 is 1.04 bits per heavy atom. The van der Waals surface area contributed by atoms with E-state index in [-0.39, 0.29) is 5.91 Å². The third-order valence-corrected chi connectivity index (χ3v) is 3.44. The zero-order valence-corrected chi connectivity index (χ0v) is 14.4. The molecule has 0 aliphatic rings. The van der Waals surface area contributed by atoms with Crippen molar-refractivity contribution in [3.63, 3.8) is 0 Å². The number of anilines is 1. The molecule has 0 aliphatic carbocycles. The standard InChI is InChI=1S/C19H21N3O3/c1-4-5-6-19(23)22(16-9-13-18(25-3)14-10-16)21-20-15-7-11-17(24-2)12-8-15/h4,7-14H,1,5-6H2,2-3H3. The van der Waals surface area contributed by atoms with Gasteiger partial charge in [0.1, 0.15) is 11.5 Å². The Morgan fingerprint density at radius 2 is 1.60 bits per heavy atom. The number of carbonyl (C=O) groups excluding carboxylic acids is 1. The molecule has 0 fully saturated rings. The van der Waals surface area contributed by atoms with Crippen molar-refractivity contribution < 1.29 is 14.3 Å². The fraction of sp³-hybridized carbons (Fsp3) is 0.211. The molecule has 6 heteroatoms. The highest BCUT2D eigenvalue weighted by Crippen LogP contribution is 2.23. The topological polar surface area (TPSA) is 63.5 Å². The molecule has 0 heterocycles. The van der Waals surface area contributed by atoms with Gasteiger partial charge in [-0.25, -0.2) is 0 Å². The van der Waals surface area contributed by atoms with E-state index in [4.69, 9.17) is 9.47 Å². The van der Waals surface area contributed by atoms with E-state index in [1.807, 2.05) is 0 Å². The lowest BCUT2D eigenvalue weighted by Gasteiger charge is -2.16. The van der Waals surface area contributed by atoms with Gasteiger partial charge in [-0.15, -0.1) is 11.7 Å². The van der Waals surface area contributed by atoms with Crippen LogP contribution in [0.2, 0.25) is 0 Å². The van der Waals surface area contributed by atoms with E-state index in [0.29, 0.717) is 30.0 Å². The fourth-order valence-corrected chi connectivity index (χ4v) is 2.05. The van der Waals surface area contributed by atoms with E-state index in [1.165, 1.54) is 5.01 Å². The van der Waals surface area contributed by atoms with Gasteiger partial charge < -0.3 is 9.47 Å². The summed E-state index contributed by atoms with van der Waals surface area (Å²) < 4.78 is 10.3. The predicted molar refractivity (Wildman–Crippen MR) is 97.4 cm³/mol. The largest absolute Gasteiger partial charge is 0.497 e. The average molecular weight is 339 g/mol. The van der Waals surface area contributed by atoms with Crippen molar-refractivity contribution >= 4 is 17.3 Å². The van der Waals surface area contributed by atoms with Gasteiger partial charge in [-0.2, -0.15) is 5.01 Å². The summed E-state index contributed by atoms with van der Waals surface area (Å²) in [4.78, 5) is 12.5. The van der Waals surface area contributed by atoms with E-state index >= 15 is 0 Å². The smallest absolute Gasteiger partial charge is 0.249 e. The van der Waals surface area contributed by atoms with Crippen LogP contribution in [-0.2, 0) is 4.79 Å². The molecular formula is C19H21N3O3. The highest BCUT2D eigenvalue weighted by atomic mass is 16.5. The Kier molecular flexibility index (Phi) is 6.71. The van der Waals surface area contributed by atoms with Crippen LogP contribution >= 0.6 is 0 Å². The quantitative estimate of drug-likeness (QED) is 0.398. The minimum Gasteiger partial charge on any atom is -0.497 e. The van der Waals surface area contributed by atoms with Crippen molar-refractivity contribution in [2.75, 3.05) is 19.2 Å². The Labute approximate surface area is 147 Å². The SMILES string of the molecule is C=CCCC(=O)N(N=Nc1ccc(OC)cc1)c1ccc(OC)cc1. The van der Waals surface area contributed by atoms with Crippen molar-refractivity contribution in [1.29, 1.82) is 0 Å². The number of rotatable bonds is 8. The molecule has 0 radical (unpaired) electrons. The van der Waals surface area contributed by atoms with Crippen molar-refractivity contribution in [2.45, 2.75) is 12.8 Å². The van der Waals surface area contributed by atoms with Gasteiger partial charge in [0.15, 0.2) is 0 Å². The normalized spacial score (nSPS) is 10.5. The van der Waals surface area contributed by atoms with Gasteiger partial charge in [-0.05, 0) is 55.0 Å². The molecule has 1 amide bonds. The molecule has 130 valence electrons. The molecule has 0 spiro atoms. The minimum atomic E-state index is -0.165. The van der Waals surface area contributed by atoms with Crippen LogP contribution in [0.25, 0.3) is 0 Å². The van der Waals surface area contributed by atoms with Gasteiger partial charge in [-0.1, -0.05) is 11.3 Å². The lowest BCUT2D eigenvalue weighted by Crippen LogP contribution is -2.24.